The van der Waals surface area contributed by atoms with Crippen molar-refractivity contribution in [3.05, 3.63) is 65.5 Å². The fraction of sp³-hybridized carbons (Fsp3) is 0.333. The van der Waals surface area contributed by atoms with E-state index >= 15 is 0 Å². The molecule has 0 spiro atoms. The first-order valence-corrected chi connectivity index (χ1v) is 7.28. The number of hydrogen-bond acceptors (Lipinski definition) is 3. The normalized spacial score (nSPS) is 11.1. The number of ketones is 1. The van der Waals surface area contributed by atoms with Crippen molar-refractivity contribution in [3.63, 3.8) is 0 Å². The van der Waals surface area contributed by atoms with E-state index < -0.39 is 0 Å². The summed E-state index contributed by atoms with van der Waals surface area (Å²) in [6.45, 7) is 5.38. The van der Waals surface area contributed by atoms with E-state index in [1.54, 1.807) is 6.20 Å². The van der Waals surface area contributed by atoms with Crippen LogP contribution in [0.4, 0.5) is 0 Å². The van der Waals surface area contributed by atoms with Gasteiger partial charge in [-0.1, -0.05) is 44.2 Å². The van der Waals surface area contributed by atoms with Crippen molar-refractivity contribution >= 4 is 5.78 Å². The van der Waals surface area contributed by atoms with E-state index in [4.69, 9.17) is 0 Å². The SMILES string of the molecule is CC(C)c1ccc(C(=O)CN(C)Cc2ccccn2)cc1. The van der Waals surface area contributed by atoms with Gasteiger partial charge in [-0.2, -0.15) is 0 Å². The van der Waals surface area contributed by atoms with Crippen LogP contribution in [-0.2, 0) is 6.54 Å². The number of rotatable bonds is 6. The van der Waals surface area contributed by atoms with Gasteiger partial charge >= 0.3 is 0 Å². The molecular formula is C18H22N2O. The lowest BCUT2D eigenvalue weighted by molar-refractivity contribution is 0.0942. The molecule has 2 aromatic rings. The summed E-state index contributed by atoms with van der Waals surface area (Å²) in [5.41, 5.74) is 3.00. The van der Waals surface area contributed by atoms with E-state index in [2.05, 4.69) is 18.8 Å². The molecule has 0 radical (unpaired) electrons. The summed E-state index contributed by atoms with van der Waals surface area (Å²) < 4.78 is 0. The van der Waals surface area contributed by atoms with Crippen LogP contribution in [0.15, 0.2) is 48.7 Å². The van der Waals surface area contributed by atoms with Crippen molar-refractivity contribution in [1.82, 2.24) is 9.88 Å². The van der Waals surface area contributed by atoms with E-state index in [9.17, 15) is 4.79 Å². The van der Waals surface area contributed by atoms with Crippen molar-refractivity contribution in [2.24, 2.45) is 0 Å². The molecule has 3 nitrogen and oxygen atoms in total. The van der Waals surface area contributed by atoms with Crippen LogP contribution < -0.4 is 0 Å². The second kappa shape index (κ2) is 7.14. The van der Waals surface area contributed by atoms with Gasteiger partial charge in [0.25, 0.3) is 0 Å². The summed E-state index contributed by atoms with van der Waals surface area (Å²) in [4.78, 5) is 18.5. The summed E-state index contributed by atoms with van der Waals surface area (Å²) in [5.74, 6) is 0.629. The Morgan fingerprint density at radius 2 is 1.86 bits per heavy atom. The summed E-state index contributed by atoms with van der Waals surface area (Å²) in [6, 6.07) is 13.7. The predicted octanol–water partition coefficient (Wildman–Crippen LogP) is 3.52. The van der Waals surface area contributed by atoms with Gasteiger partial charge in [-0.25, -0.2) is 0 Å². The molecule has 1 heterocycles. The highest BCUT2D eigenvalue weighted by molar-refractivity contribution is 5.97. The molecule has 0 saturated heterocycles. The van der Waals surface area contributed by atoms with Gasteiger partial charge in [0, 0.05) is 18.3 Å². The second-order valence-electron chi connectivity index (χ2n) is 5.69. The van der Waals surface area contributed by atoms with Crippen LogP contribution >= 0.6 is 0 Å². The fourth-order valence-corrected chi connectivity index (χ4v) is 2.21. The molecule has 2 rings (SSSR count). The number of pyridine rings is 1. The maximum Gasteiger partial charge on any atom is 0.176 e. The summed E-state index contributed by atoms with van der Waals surface area (Å²) >= 11 is 0. The van der Waals surface area contributed by atoms with E-state index in [0.29, 0.717) is 19.0 Å². The average molecular weight is 282 g/mol. The molecule has 3 heteroatoms. The molecule has 0 atom stereocenters. The summed E-state index contributed by atoms with van der Waals surface area (Å²) in [6.07, 6.45) is 1.77. The monoisotopic (exact) mass is 282 g/mol. The molecule has 0 saturated carbocycles. The third kappa shape index (κ3) is 4.50. The Morgan fingerprint density at radius 1 is 1.14 bits per heavy atom. The van der Waals surface area contributed by atoms with Crippen LogP contribution in [0.1, 0.15) is 41.4 Å². The Bertz CT molecular complexity index is 576. The highest BCUT2D eigenvalue weighted by Crippen LogP contribution is 2.15. The Labute approximate surface area is 126 Å². The van der Waals surface area contributed by atoms with E-state index in [1.165, 1.54) is 5.56 Å². The lowest BCUT2D eigenvalue weighted by atomic mass is 10.0. The minimum absolute atomic E-state index is 0.142. The highest BCUT2D eigenvalue weighted by atomic mass is 16.1. The number of nitrogens with zero attached hydrogens (tertiary/aromatic N) is 2. The van der Waals surface area contributed by atoms with Gasteiger partial charge in [0.05, 0.1) is 12.2 Å². The van der Waals surface area contributed by atoms with Crippen LogP contribution in [0.5, 0.6) is 0 Å². The van der Waals surface area contributed by atoms with Crippen LogP contribution in [0.3, 0.4) is 0 Å². The topological polar surface area (TPSA) is 33.2 Å². The first-order chi connectivity index (χ1) is 10.1. The molecule has 0 bridgehead atoms. The van der Waals surface area contributed by atoms with Crippen LogP contribution in [0.25, 0.3) is 0 Å². The first-order valence-electron chi connectivity index (χ1n) is 7.28. The third-order valence-electron chi connectivity index (χ3n) is 3.47. The molecule has 0 N–H and O–H groups in total. The molecule has 0 amide bonds. The average Bonchev–Trinajstić information content (AvgIpc) is 2.48. The quantitative estimate of drug-likeness (QED) is 0.760. The number of hydrogen-bond donors (Lipinski definition) is 0. The van der Waals surface area contributed by atoms with E-state index in [1.807, 2.05) is 54.4 Å². The highest BCUT2D eigenvalue weighted by Gasteiger charge is 2.10. The number of aromatic nitrogens is 1. The van der Waals surface area contributed by atoms with Crippen molar-refractivity contribution in [2.45, 2.75) is 26.3 Å². The number of Topliss-reactive ketones (excluding diaryl/α,β-unsaturated/α-hetero) is 1. The number of carbonyl (C=O) groups excluding carboxylic acids is 1. The second-order valence-corrected chi connectivity index (χ2v) is 5.69. The minimum atomic E-state index is 0.142. The smallest absolute Gasteiger partial charge is 0.176 e. The van der Waals surface area contributed by atoms with Gasteiger partial charge in [0.1, 0.15) is 0 Å². The standard InChI is InChI=1S/C18H22N2O/c1-14(2)15-7-9-16(10-8-15)18(21)13-20(3)12-17-6-4-5-11-19-17/h4-11,14H,12-13H2,1-3H3. The lowest BCUT2D eigenvalue weighted by Crippen LogP contribution is -2.26. The van der Waals surface area contributed by atoms with E-state index in [-0.39, 0.29) is 5.78 Å². The molecule has 21 heavy (non-hydrogen) atoms. The minimum Gasteiger partial charge on any atom is -0.293 e. The molecule has 110 valence electrons. The van der Waals surface area contributed by atoms with Gasteiger partial charge in [-0.15, -0.1) is 0 Å². The van der Waals surface area contributed by atoms with E-state index in [0.717, 1.165) is 11.3 Å². The zero-order valence-electron chi connectivity index (χ0n) is 12.9. The van der Waals surface area contributed by atoms with Gasteiger partial charge in [0.2, 0.25) is 0 Å². The predicted molar refractivity (Wildman–Crippen MR) is 85.4 cm³/mol. The molecule has 0 unspecified atom stereocenters. The molecule has 0 fully saturated rings. The van der Waals surface area contributed by atoms with Gasteiger partial charge in [-0.05, 0) is 30.7 Å². The molecule has 0 aliphatic rings. The third-order valence-corrected chi connectivity index (χ3v) is 3.47. The summed E-state index contributed by atoms with van der Waals surface area (Å²) in [5, 5.41) is 0. The van der Waals surface area contributed by atoms with Crippen molar-refractivity contribution in [1.29, 1.82) is 0 Å². The van der Waals surface area contributed by atoms with Crippen LogP contribution in [-0.4, -0.2) is 29.3 Å². The molecule has 0 aliphatic heterocycles. The maximum absolute atomic E-state index is 12.3. The number of carbonyl (C=O) groups is 1. The first kappa shape index (κ1) is 15.4. The van der Waals surface area contributed by atoms with Crippen LogP contribution in [0, 0.1) is 0 Å². The summed E-state index contributed by atoms with van der Waals surface area (Å²) in [7, 11) is 1.94. The number of benzene rings is 1. The Kier molecular flexibility index (Phi) is 5.23. The van der Waals surface area contributed by atoms with Gasteiger partial charge in [0.15, 0.2) is 5.78 Å². The Balaban J connectivity index is 1.94. The molecule has 1 aromatic heterocycles. The molecule has 1 aromatic carbocycles. The zero-order chi connectivity index (χ0) is 15.2. The van der Waals surface area contributed by atoms with Crippen molar-refractivity contribution in [3.8, 4) is 0 Å². The van der Waals surface area contributed by atoms with Gasteiger partial charge < -0.3 is 0 Å². The Morgan fingerprint density at radius 3 is 2.43 bits per heavy atom. The molecule has 0 aliphatic carbocycles. The van der Waals surface area contributed by atoms with Crippen LogP contribution in [0.2, 0.25) is 0 Å². The van der Waals surface area contributed by atoms with Crippen molar-refractivity contribution < 1.29 is 4.79 Å². The molecular weight excluding hydrogens is 260 g/mol. The Hall–Kier alpha value is -2.00. The fourth-order valence-electron chi connectivity index (χ4n) is 2.21. The maximum atomic E-state index is 12.3. The zero-order valence-corrected chi connectivity index (χ0v) is 12.9. The lowest BCUT2D eigenvalue weighted by Gasteiger charge is -2.15. The largest absolute Gasteiger partial charge is 0.293 e. The van der Waals surface area contributed by atoms with Crippen molar-refractivity contribution in [2.75, 3.05) is 13.6 Å². The number of likely N-dealkylation sites (N-methyl/N-ethyl adjacent to an activating group) is 1. The van der Waals surface area contributed by atoms with Gasteiger partial charge in [-0.3, -0.25) is 14.7 Å².